The van der Waals surface area contributed by atoms with Crippen LogP contribution in [-0.2, 0) is 26.0 Å². The maximum absolute atomic E-state index is 14.3. The Morgan fingerprint density at radius 1 is 1.07 bits per heavy atom. The van der Waals surface area contributed by atoms with Gasteiger partial charge in [-0.3, -0.25) is 18.5 Å². The van der Waals surface area contributed by atoms with Crippen LogP contribution in [0.25, 0.3) is 44.9 Å². The number of ether oxygens (including phenoxy) is 1. The number of aliphatic hydroxyl groups is 1. The highest BCUT2D eigenvalue weighted by molar-refractivity contribution is 7.55. The molecule has 0 saturated heterocycles. The Hall–Kier alpha value is -5.69. The maximum atomic E-state index is 14.3. The molecule has 292 valence electrons. The van der Waals surface area contributed by atoms with Crippen LogP contribution in [0.1, 0.15) is 74.9 Å². The molecule has 57 heavy (non-hydrogen) atoms. The molecule has 0 radical (unpaired) electrons. The fourth-order valence-corrected chi connectivity index (χ4v) is 10.0. The summed E-state index contributed by atoms with van der Waals surface area (Å²) in [6.45, 7) is 8.64. The molecule has 2 unspecified atom stereocenters. The van der Waals surface area contributed by atoms with Crippen LogP contribution >= 0.6 is 7.52 Å². The zero-order chi connectivity index (χ0) is 39.8. The van der Waals surface area contributed by atoms with Gasteiger partial charge in [-0.25, -0.2) is 9.97 Å². The van der Waals surface area contributed by atoms with Crippen LogP contribution in [0.3, 0.4) is 0 Å². The first-order chi connectivity index (χ1) is 27.3. The van der Waals surface area contributed by atoms with E-state index in [9.17, 15) is 24.2 Å². The Labute approximate surface area is 327 Å². The van der Waals surface area contributed by atoms with E-state index < -0.39 is 48.7 Å². The quantitative estimate of drug-likeness (QED) is 0.116. The lowest BCUT2D eigenvalue weighted by molar-refractivity contribution is -0.143. The summed E-state index contributed by atoms with van der Waals surface area (Å²) in [7, 11) is -3.82. The molecule has 3 aromatic heterocycles. The second-order valence-corrected chi connectivity index (χ2v) is 18.0. The molecular weight excluding hydrogens is 747 g/mol. The summed E-state index contributed by atoms with van der Waals surface area (Å²) in [6, 6.07) is 15.6. The van der Waals surface area contributed by atoms with Gasteiger partial charge in [-0.2, -0.15) is 0 Å². The molecule has 4 aliphatic rings. The second-order valence-electron chi connectivity index (χ2n) is 15.9. The number of nitrogens with zero attached hydrogens (tertiary/aromatic N) is 3. The fraction of sp³-hybridized carbons (Fsp3) is 0.333. The van der Waals surface area contributed by atoms with Crippen molar-refractivity contribution < 1.29 is 37.7 Å². The van der Waals surface area contributed by atoms with E-state index in [1.54, 1.807) is 26.2 Å². The third kappa shape index (κ3) is 4.93. The molecular formula is C42H41N6O8P. The number of hydrogen-bond donors (Lipinski definition) is 5. The number of aromatic nitrogens is 3. The lowest BCUT2D eigenvalue weighted by Gasteiger charge is -2.30. The van der Waals surface area contributed by atoms with Crippen molar-refractivity contribution in [3.05, 3.63) is 95.3 Å². The number of anilines is 1. The van der Waals surface area contributed by atoms with E-state index in [2.05, 4.69) is 16.0 Å². The average molecular weight is 789 g/mol. The number of carbonyl (C=O) groups is 2. The van der Waals surface area contributed by atoms with Crippen molar-refractivity contribution in [1.29, 1.82) is 0 Å². The van der Waals surface area contributed by atoms with Gasteiger partial charge in [0.1, 0.15) is 28.8 Å². The van der Waals surface area contributed by atoms with Crippen LogP contribution in [0.5, 0.6) is 5.75 Å². The Morgan fingerprint density at radius 2 is 1.84 bits per heavy atom. The number of benzene rings is 3. The highest BCUT2D eigenvalue weighted by Crippen LogP contribution is 2.62. The van der Waals surface area contributed by atoms with Crippen molar-refractivity contribution in [1.82, 2.24) is 24.9 Å². The summed E-state index contributed by atoms with van der Waals surface area (Å²) in [5.41, 5.74) is 3.36. The molecule has 5 atom stereocenters. The normalized spacial score (nSPS) is 22.5. The molecule has 10 rings (SSSR count). The lowest BCUT2D eigenvalue weighted by Crippen LogP contribution is -2.55. The fourth-order valence-electron chi connectivity index (χ4n) is 9.11. The maximum Gasteiger partial charge on any atom is 0.294 e. The van der Waals surface area contributed by atoms with Crippen molar-refractivity contribution in [2.45, 2.75) is 76.3 Å². The average Bonchev–Trinajstić information content (AvgIpc) is 4.01. The van der Waals surface area contributed by atoms with Gasteiger partial charge in [-0.15, -0.1) is 0 Å². The first kappa shape index (κ1) is 35.7. The molecule has 7 heterocycles. The molecule has 14 nitrogen and oxygen atoms in total. The summed E-state index contributed by atoms with van der Waals surface area (Å²) < 4.78 is 35.1. The van der Waals surface area contributed by atoms with Gasteiger partial charge >= 0.3 is 0 Å². The van der Waals surface area contributed by atoms with Gasteiger partial charge < -0.3 is 39.5 Å². The second kappa shape index (κ2) is 12.2. The highest BCUT2D eigenvalue weighted by Gasteiger charge is 2.61. The number of carbonyl (C=O) groups excluding carboxylic acids is 2. The molecule has 2 amide bonds. The molecule has 0 saturated carbocycles. The van der Waals surface area contributed by atoms with Crippen LogP contribution in [-0.4, -0.2) is 60.7 Å². The van der Waals surface area contributed by atoms with E-state index in [-0.39, 0.29) is 37.0 Å². The van der Waals surface area contributed by atoms with Crippen LogP contribution in [0, 0.1) is 5.92 Å². The minimum Gasteiger partial charge on any atom is -0.469 e. The van der Waals surface area contributed by atoms with E-state index in [4.69, 9.17) is 23.5 Å². The van der Waals surface area contributed by atoms with Gasteiger partial charge in [0.25, 0.3) is 13.4 Å². The van der Waals surface area contributed by atoms with E-state index >= 15 is 0 Å². The molecule has 15 heteroatoms. The lowest BCUT2D eigenvalue weighted by atomic mass is 9.72. The van der Waals surface area contributed by atoms with Crippen molar-refractivity contribution >= 4 is 35.9 Å². The van der Waals surface area contributed by atoms with Gasteiger partial charge in [0.05, 0.1) is 11.7 Å². The largest absolute Gasteiger partial charge is 0.469 e. The summed E-state index contributed by atoms with van der Waals surface area (Å²) in [5, 5.41) is 21.5. The molecule has 3 aromatic carbocycles. The molecule has 0 fully saturated rings. The smallest absolute Gasteiger partial charge is 0.294 e. The summed E-state index contributed by atoms with van der Waals surface area (Å²) >= 11 is 0. The van der Waals surface area contributed by atoms with Crippen molar-refractivity contribution in [3.63, 3.8) is 0 Å². The van der Waals surface area contributed by atoms with Crippen LogP contribution in [0.2, 0.25) is 0 Å². The van der Waals surface area contributed by atoms with E-state index in [1.165, 1.54) is 11.0 Å². The zero-order valence-electron chi connectivity index (χ0n) is 31.9. The molecule has 10 bridgehead atoms. The molecule has 4 aliphatic heterocycles. The van der Waals surface area contributed by atoms with Crippen molar-refractivity contribution in [2.75, 3.05) is 12.0 Å². The summed E-state index contributed by atoms with van der Waals surface area (Å²) in [4.78, 5) is 48.7. The predicted octanol–water partition coefficient (Wildman–Crippen LogP) is 6.48. The van der Waals surface area contributed by atoms with Crippen LogP contribution < -0.4 is 20.7 Å². The minimum absolute atomic E-state index is 0.122. The Morgan fingerprint density at radius 3 is 2.60 bits per heavy atom. The molecule has 1 spiro atoms. The Bertz CT molecular complexity index is 2740. The first-order valence-corrected chi connectivity index (χ1v) is 21.3. The van der Waals surface area contributed by atoms with Crippen molar-refractivity contribution in [3.8, 4) is 39.8 Å². The topological polar surface area (TPSA) is 194 Å². The standard InChI is InChI=1S/C42H41N6O8P/c1-6-41(51,7-2)39(50)44-27-17-21-14-15-29-26(16-21)42-25-12-8-11-23(33(25)47-40(42)55-29)22-10-9-13-28-31(22)24(19-48(28)57(5,52)53)30-18-43-37(54-30)34-35(42)56-38(46-34)32(20(3)4)45-36(27)49/h8-16,18-20,27,32,40,47,51H,6-7,17H2,1-5H3,(H,44,50)(H,45,49)(H,52,53)/t27-,32-,40?,42-/m0/s1. The van der Waals surface area contributed by atoms with E-state index in [0.29, 0.717) is 39.4 Å². The number of oxazole rings is 2. The molecule has 0 aliphatic carbocycles. The van der Waals surface area contributed by atoms with Gasteiger partial charge in [0, 0.05) is 52.6 Å². The van der Waals surface area contributed by atoms with E-state index in [1.807, 2.05) is 68.4 Å². The van der Waals surface area contributed by atoms with Crippen LogP contribution in [0.15, 0.2) is 75.8 Å². The van der Waals surface area contributed by atoms with E-state index in [0.717, 1.165) is 33.5 Å². The summed E-state index contributed by atoms with van der Waals surface area (Å²) in [5.74, 6) is 0.383. The van der Waals surface area contributed by atoms with Crippen molar-refractivity contribution in [2.24, 2.45) is 5.92 Å². The Balaban J connectivity index is 1.28. The number of hydrogen-bond acceptors (Lipinski definition) is 10. The third-order valence-electron chi connectivity index (χ3n) is 12.2. The number of nitrogens with one attached hydrogen (secondary N) is 3. The summed E-state index contributed by atoms with van der Waals surface area (Å²) in [6.07, 6.45) is 2.96. The van der Waals surface area contributed by atoms with Gasteiger partial charge in [0.15, 0.2) is 23.4 Å². The number of amides is 2. The van der Waals surface area contributed by atoms with Gasteiger partial charge in [-0.1, -0.05) is 70.2 Å². The zero-order valence-corrected chi connectivity index (χ0v) is 32.8. The monoisotopic (exact) mass is 788 g/mol. The highest BCUT2D eigenvalue weighted by atomic mass is 31.2. The third-order valence-corrected chi connectivity index (χ3v) is 13.4. The Kier molecular flexibility index (Phi) is 7.62. The molecule has 6 aromatic rings. The number of para-hydroxylation sites is 1. The molecule has 5 N–H and O–H groups in total. The van der Waals surface area contributed by atoms with Gasteiger partial charge in [-0.05, 0) is 42.0 Å². The number of rotatable bonds is 6. The minimum atomic E-state index is -3.82. The predicted molar refractivity (Wildman–Crippen MR) is 211 cm³/mol. The first-order valence-electron chi connectivity index (χ1n) is 19.2. The number of fused-ring (bicyclic) bond motifs is 7. The van der Waals surface area contributed by atoms with Crippen LogP contribution in [0.4, 0.5) is 5.69 Å². The van der Waals surface area contributed by atoms with Gasteiger partial charge in [0.2, 0.25) is 17.7 Å². The SMILES string of the molecule is CCC(O)(CC)C(=O)N[C@H]1Cc2ccc3c(c2)[C@]24c5cccc(c5NC2O3)-c2cccc3c2c(cn3P(C)(=O)O)-c2cnc(o2)-c2nc(oc24)[C@H](C(C)C)NC1=O.